The third-order valence-electron chi connectivity index (χ3n) is 4.31. The average Bonchev–Trinajstić information content (AvgIpc) is 2.54. The van der Waals surface area contributed by atoms with Gasteiger partial charge in [0.05, 0.1) is 13.2 Å². The van der Waals surface area contributed by atoms with Crippen molar-refractivity contribution < 1.29 is 13.9 Å². The molecule has 0 radical (unpaired) electrons. The maximum absolute atomic E-state index is 13.7. The fourth-order valence-corrected chi connectivity index (χ4v) is 2.69. The monoisotopic (exact) mass is 323 g/mol. The van der Waals surface area contributed by atoms with Crippen molar-refractivity contribution in [3.05, 3.63) is 29.6 Å². The highest BCUT2D eigenvalue weighted by atomic mass is 19.1. The van der Waals surface area contributed by atoms with E-state index in [0.29, 0.717) is 19.6 Å². The summed E-state index contributed by atoms with van der Waals surface area (Å²) in [6, 6.07) is 4.59. The fourth-order valence-electron chi connectivity index (χ4n) is 2.69. The summed E-state index contributed by atoms with van der Waals surface area (Å²) in [4.78, 5) is 16.3. The molecule has 1 aromatic rings. The first-order valence-electron chi connectivity index (χ1n) is 8.01. The molecule has 0 unspecified atom stereocenters. The minimum atomic E-state index is -0.433. The second-order valence-corrected chi connectivity index (χ2v) is 6.34. The van der Waals surface area contributed by atoms with Crippen LogP contribution in [0.4, 0.5) is 4.39 Å². The van der Waals surface area contributed by atoms with Gasteiger partial charge < -0.3 is 15.4 Å². The Labute approximate surface area is 137 Å². The van der Waals surface area contributed by atoms with Crippen LogP contribution in [-0.4, -0.2) is 55.0 Å². The van der Waals surface area contributed by atoms with E-state index in [1.54, 1.807) is 6.07 Å². The molecule has 128 valence electrons. The Morgan fingerprint density at radius 2 is 1.96 bits per heavy atom. The van der Waals surface area contributed by atoms with Gasteiger partial charge >= 0.3 is 0 Å². The number of ether oxygens (including phenoxy) is 1. The molecular formula is C17H26FN3O2. The predicted octanol–water partition coefficient (Wildman–Crippen LogP) is 1.46. The van der Waals surface area contributed by atoms with Gasteiger partial charge in [-0.2, -0.15) is 0 Å². The van der Waals surface area contributed by atoms with Crippen LogP contribution in [0, 0.1) is 11.7 Å². The summed E-state index contributed by atoms with van der Waals surface area (Å²) in [5.74, 6) is 0.0755. The van der Waals surface area contributed by atoms with Gasteiger partial charge in [0, 0.05) is 32.7 Å². The second-order valence-electron chi connectivity index (χ2n) is 6.34. The number of halogens is 1. The Morgan fingerprint density at radius 3 is 2.48 bits per heavy atom. The SMILES string of the molecule is COc1ccc(CN2CCN(C(=O)[C@@H](N)C(C)C)CC2)cc1F. The van der Waals surface area contributed by atoms with Gasteiger partial charge in [-0.25, -0.2) is 4.39 Å². The number of methoxy groups -OCH3 is 1. The van der Waals surface area contributed by atoms with Crippen LogP contribution < -0.4 is 10.5 Å². The zero-order valence-corrected chi connectivity index (χ0v) is 14.1. The highest BCUT2D eigenvalue weighted by Gasteiger charge is 2.26. The Hall–Kier alpha value is -1.66. The first-order chi connectivity index (χ1) is 10.9. The van der Waals surface area contributed by atoms with Crippen LogP contribution >= 0.6 is 0 Å². The lowest BCUT2D eigenvalue weighted by Crippen LogP contribution is -2.54. The molecule has 0 spiro atoms. The maximum Gasteiger partial charge on any atom is 0.239 e. The molecule has 2 rings (SSSR count). The molecule has 5 nitrogen and oxygen atoms in total. The molecule has 6 heteroatoms. The third-order valence-corrected chi connectivity index (χ3v) is 4.31. The molecule has 0 aromatic heterocycles. The first kappa shape index (κ1) is 17.7. The number of amides is 1. The Bertz CT molecular complexity index is 543. The summed E-state index contributed by atoms with van der Waals surface area (Å²) in [5, 5.41) is 0. The zero-order valence-electron chi connectivity index (χ0n) is 14.1. The number of rotatable bonds is 5. The molecule has 0 bridgehead atoms. The van der Waals surface area contributed by atoms with E-state index in [1.165, 1.54) is 13.2 Å². The van der Waals surface area contributed by atoms with Crippen LogP contribution in [0.1, 0.15) is 19.4 Å². The van der Waals surface area contributed by atoms with E-state index in [-0.39, 0.29) is 23.4 Å². The van der Waals surface area contributed by atoms with E-state index in [0.717, 1.165) is 18.7 Å². The Morgan fingerprint density at radius 1 is 1.30 bits per heavy atom. The highest BCUT2D eigenvalue weighted by Crippen LogP contribution is 2.19. The summed E-state index contributed by atoms with van der Waals surface area (Å²) in [7, 11) is 1.45. The standard InChI is InChI=1S/C17H26FN3O2/c1-12(2)16(19)17(22)21-8-6-20(7-9-21)11-13-4-5-15(23-3)14(18)10-13/h4-5,10,12,16H,6-9,11,19H2,1-3H3/t16-/m0/s1. The van der Waals surface area contributed by atoms with Gasteiger partial charge in [0.15, 0.2) is 11.6 Å². The predicted molar refractivity (Wildman–Crippen MR) is 87.6 cm³/mol. The van der Waals surface area contributed by atoms with E-state index < -0.39 is 6.04 Å². The molecule has 0 saturated carbocycles. The molecule has 1 saturated heterocycles. The van der Waals surface area contributed by atoms with Crippen molar-refractivity contribution in [2.24, 2.45) is 11.7 Å². The molecule has 0 aliphatic carbocycles. The van der Waals surface area contributed by atoms with E-state index in [1.807, 2.05) is 24.8 Å². The molecule has 1 heterocycles. The summed E-state index contributed by atoms with van der Waals surface area (Å²) in [6.07, 6.45) is 0. The lowest BCUT2D eigenvalue weighted by atomic mass is 10.0. The van der Waals surface area contributed by atoms with E-state index in [2.05, 4.69) is 4.90 Å². The van der Waals surface area contributed by atoms with Crippen molar-refractivity contribution in [3.8, 4) is 5.75 Å². The number of carbonyl (C=O) groups is 1. The normalized spacial score (nSPS) is 17.4. The largest absolute Gasteiger partial charge is 0.494 e. The quantitative estimate of drug-likeness (QED) is 0.891. The van der Waals surface area contributed by atoms with Crippen LogP contribution in [-0.2, 0) is 11.3 Å². The lowest BCUT2D eigenvalue weighted by molar-refractivity contribution is -0.135. The molecule has 1 fully saturated rings. The summed E-state index contributed by atoms with van der Waals surface area (Å²) >= 11 is 0. The summed E-state index contributed by atoms with van der Waals surface area (Å²) in [6.45, 7) is 7.44. The number of nitrogens with zero attached hydrogens (tertiary/aromatic N) is 2. The van der Waals surface area contributed by atoms with Gasteiger partial charge in [0.1, 0.15) is 0 Å². The van der Waals surface area contributed by atoms with Crippen molar-refractivity contribution >= 4 is 5.91 Å². The lowest BCUT2D eigenvalue weighted by Gasteiger charge is -2.36. The number of hydrogen-bond donors (Lipinski definition) is 1. The third kappa shape index (κ3) is 4.42. The van der Waals surface area contributed by atoms with Crippen LogP contribution in [0.3, 0.4) is 0 Å². The number of carbonyl (C=O) groups excluding carboxylic acids is 1. The van der Waals surface area contributed by atoms with Crippen molar-refractivity contribution in [2.45, 2.75) is 26.4 Å². The van der Waals surface area contributed by atoms with Crippen LogP contribution in [0.15, 0.2) is 18.2 Å². The van der Waals surface area contributed by atoms with Crippen molar-refractivity contribution in [2.75, 3.05) is 33.3 Å². The van der Waals surface area contributed by atoms with Crippen molar-refractivity contribution in [1.82, 2.24) is 9.80 Å². The molecular weight excluding hydrogens is 297 g/mol. The highest BCUT2D eigenvalue weighted by molar-refractivity contribution is 5.82. The Balaban J connectivity index is 1.87. The topological polar surface area (TPSA) is 58.8 Å². The Kier molecular flexibility index (Phi) is 5.96. The fraction of sp³-hybridized carbons (Fsp3) is 0.588. The summed E-state index contributed by atoms with van der Waals surface area (Å²) < 4.78 is 18.7. The molecule has 1 aromatic carbocycles. The smallest absolute Gasteiger partial charge is 0.239 e. The zero-order chi connectivity index (χ0) is 17.0. The van der Waals surface area contributed by atoms with Gasteiger partial charge in [0.25, 0.3) is 0 Å². The van der Waals surface area contributed by atoms with E-state index in [4.69, 9.17) is 10.5 Å². The van der Waals surface area contributed by atoms with Crippen LogP contribution in [0.5, 0.6) is 5.75 Å². The molecule has 1 aliphatic rings. The maximum atomic E-state index is 13.7. The van der Waals surface area contributed by atoms with E-state index >= 15 is 0 Å². The first-order valence-corrected chi connectivity index (χ1v) is 8.01. The molecule has 2 N–H and O–H groups in total. The van der Waals surface area contributed by atoms with Crippen LogP contribution in [0.2, 0.25) is 0 Å². The summed E-state index contributed by atoms with van der Waals surface area (Å²) in [5.41, 5.74) is 6.84. The molecule has 1 aliphatic heterocycles. The van der Waals surface area contributed by atoms with Gasteiger partial charge in [-0.1, -0.05) is 19.9 Å². The molecule has 23 heavy (non-hydrogen) atoms. The minimum absolute atomic E-state index is 0.0233. The van der Waals surface area contributed by atoms with Crippen molar-refractivity contribution in [1.29, 1.82) is 0 Å². The number of benzene rings is 1. The van der Waals surface area contributed by atoms with Gasteiger partial charge in [0.2, 0.25) is 5.91 Å². The average molecular weight is 323 g/mol. The minimum Gasteiger partial charge on any atom is -0.494 e. The van der Waals surface area contributed by atoms with Gasteiger partial charge in [-0.05, 0) is 23.6 Å². The number of nitrogens with two attached hydrogens (primary N) is 1. The number of piperazine rings is 1. The second kappa shape index (κ2) is 7.75. The van der Waals surface area contributed by atoms with Crippen LogP contribution in [0.25, 0.3) is 0 Å². The molecule has 1 atom stereocenters. The van der Waals surface area contributed by atoms with Crippen molar-refractivity contribution in [3.63, 3.8) is 0 Å². The molecule has 1 amide bonds. The van der Waals surface area contributed by atoms with E-state index in [9.17, 15) is 9.18 Å². The van der Waals surface area contributed by atoms with Gasteiger partial charge in [-0.15, -0.1) is 0 Å². The number of hydrogen-bond acceptors (Lipinski definition) is 4. The van der Waals surface area contributed by atoms with Gasteiger partial charge in [-0.3, -0.25) is 9.69 Å².